The maximum Gasteiger partial charge on any atom is 0.418 e. The quantitative estimate of drug-likeness (QED) is 0.274. The van der Waals surface area contributed by atoms with Crippen LogP contribution < -0.4 is 9.47 Å². The highest BCUT2D eigenvalue weighted by Crippen LogP contribution is 2.36. The second-order valence-corrected chi connectivity index (χ2v) is 7.78. The van der Waals surface area contributed by atoms with Crippen molar-refractivity contribution in [2.75, 3.05) is 6.61 Å². The largest absolute Gasteiger partial charge is 0.485 e. The molecule has 168 valence electrons. The molecular formula is C23H15F3N2O4S. The first-order chi connectivity index (χ1) is 15.8. The van der Waals surface area contributed by atoms with Crippen LogP contribution in [-0.2, 0) is 17.4 Å². The molecule has 2 aromatic carbocycles. The number of ketones is 1. The van der Waals surface area contributed by atoms with Gasteiger partial charge in [0, 0.05) is 29.6 Å². The lowest BCUT2D eigenvalue weighted by molar-refractivity contribution is -0.136. The summed E-state index contributed by atoms with van der Waals surface area (Å²) in [6, 6.07) is 11.5. The molecular weight excluding hydrogens is 457 g/mol. The Labute approximate surface area is 189 Å². The first-order valence-corrected chi connectivity index (χ1v) is 10.5. The number of hydrogen-bond acceptors (Lipinski definition) is 7. The van der Waals surface area contributed by atoms with E-state index in [-0.39, 0.29) is 40.5 Å². The lowest BCUT2D eigenvalue weighted by Crippen LogP contribution is -2.14. The van der Waals surface area contributed by atoms with Crippen molar-refractivity contribution in [3.05, 3.63) is 82.4 Å². The van der Waals surface area contributed by atoms with Gasteiger partial charge >= 0.3 is 12.1 Å². The van der Waals surface area contributed by atoms with E-state index in [2.05, 4.69) is 9.97 Å². The average Bonchev–Trinajstić information content (AvgIpc) is 3.33. The molecule has 2 aromatic heterocycles. The molecule has 0 aliphatic rings. The zero-order chi connectivity index (χ0) is 23.4. The van der Waals surface area contributed by atoms with E-state index in [1.165, 1.54) is 30.6 Å². The van der Waals surface area contributed by atoms with E-state index in [1.54, 1.807) is 29.6 Å². The number of alkyl halides is 3. The molecule has 0 saturated carbocycles. The maximum atomic E-state index is 13.2. The lowest BCUT2D eigenvalue weighted by atomic mass is 10.1. The number of benzene rings is 2. The van der Waals surface area contributed by atoms with Gasteiger partial charge in [-0.05, 0) is 35.9 Å². The molecule has 0 spiro atoms. The smallest absolute Gasteiger partial charge is 0.418 e. The van der Waals surface area contributed by atoms with Crippen LogP contribution in [0.4, 0.5) is 13.2 Å². The first kappa shape index (κ1) is 22.4. The van der Waals surface area contributed by atoms with Crippen LogP contribution in [-0.4, -0.2) is 28.3 Å². The molecule has 0 amide bonds. The summed E-state index contributed by atoms with van der Waals surface area (Å²) in [5.41, 5.74) is -0.443. The fraction of sp³-hybridized carbons (Fsp3) is 0.130. The topological polar surface area (TPSA) is 78.4 Å². The van der Waals surface area contributed by atoms with Crippen molar-refractivity contribution in [1.29, 1.82) is 0 Å². The van der Waals surface area contributed by atoms with Crippen molar-refractivity contribution in [3.8, 4) is 11.5 Å². The van der Waals surface area contributed by atoms with Crippen molar-refractivity contribution in [2.45, 2.75) is 12.6 Å². The number of pyridine rings is 1. The number of aromatic nitrogens is 2. The third-order valence-electron chi connectivity index (χ3n) is 4.57. The van der Waals surface area contributed by atoms with Gasteiger partial charge in [0.15, 0.2) is 5.78 Å². The number of nitrogens with zero attached hydrogens (tertiary/aromatic N) is 2. The Morgan fingerprint density at radius 1 is 0.970 bits per heavy atom. The van der Waals surface area contributed by atoms with Gasteiger partial charge in [-0.15, -0.1) is 11.3 Å². The normalized spacial score (nSPS) is 11.4. The van der Waals surface area contributed by atoms with Crippen molar-refractivity contribution >= 4 is 34.0 Å². The summed E-state index contributed by atoms with van der Waals surface area (Å²) >= 11 is 1.16. The van der Waals surface area contributed by atoms with Crippen LogP contribution in [0.25, 0.3) is 10.9 Å². The zero-order valence-corrected chi connectivity index (χ0v) is 17.7. The van der Waals surface area contributed by atoms with E-state index in [0.29, 0.717) is 11.3 Å². The molecule has 0 aliphatic carbocycles. The van der Waals surface area contributed by atoms with Gasteiger partial charge in [0.25, 0.3) is 0 Å². The van der Waals surface area contributed by atoms with Crippen LogP contribution in [0.3, 0.4) is 0 Å². The molecule has 0 unspecified atom stereocenters. The highest BCUT2D eigenvalue weighted by molar-refractivity contribution is 7.11. The minimum Gasteiger partial charge on any atom is -0.485 e. The molecule has 4 aromatic rings. The molecule has 6 nitrogen and oxygen atoms in total. The number of ether oxygens (including phenoxy) is 2. The Bertz CT molecular complexity index is 1290. The predicted octanol–water partition coefficient (Wildman–Crippen LogP) is 5.12. The SMILES string of the molecule is O=C(COc1ccnc2c(C(F)(F)F)cccc12)Cc1ccc(OC(=O)c2nccs2)cc1. The Hall–Kier alpha value is -3.79. The summed E-state index contributed by atoms with van der Waals surface area (Å²) in [6.07, 6.45) is -1.80. The van der Waals surface area contributed by atoms with E-state index in [0.717, 1.165) is 17.4 Å². The molecule has 4 rings (SSSR count). The number of thiazole rings is 1. The van der Waals surface area contributed by atoms with Gasteiger partial charge in [-0.3, -0.25) is 9.78 Å². The Morgan fingerprint density at radius 2 is 1.76 bits per heavy atom. The maximum absolute atomic E-state index is 13.2. The van der Waals surface area contributed by atoms with Crippen LogP contribution in [0.5, 0.6) is 11.5 Å². The summed E-state index contributed by atoms with van der Waals surface area (Å²) in [5.74, 6) is -0.393. The van der Waals surface area contributed by atoms with E-state index in [1.807, 2.05) is 0 Å². The van der Waals surface area contributed by atoms with Crippen LogP contribution >= 0.6 is 11.3 Å². The average molecular weight is 472 g/mol. The summed E-state index contributed by atoms with van der Waals surface area (Å²) in [6.45, 7) is -0.323. The fourth-order valence-corrected chi connectivity index (χ4v) is 3.60. The summed E-state index contributed by atoms with van der Waals surface area (Å²) in [5, 5.41) is 2.07. The van der Waals surface area contributed by atoms with Crippen LogP contribution in [0.1, 0.15) is 20.9 Å². The lowest BCUT2D eigenvalue weighted by Gasteiger charge is -2.12. The van der Waals surface area contributed by atoms with E-state index in [9.17, 15) is 22.8 Å². The first-order valence-electron chi connectivity index (χ1n) is 9.61. The number of rotatable bonds is 7. The molecule has 0 aliphatic heterocycles. The van der Waals surface area contributed by atoms with Gasteiger partial charge in [-0.1, -0.05) is 18.2 Å². The van der Waals surface area contributed by atoms with Crippen molar-refractivity contribution < 1.29 is 32.2 Å². The Kier molecular flexibility index (Phi) is 6.36. The Morgan fingerprint density at radius 3 is 2.45 bits per heavy atom. The third kappa shape index (κ3) is 5.35. The highest BCUT2D eigenvalue weighted by atomic mass is 32.1. The van der Waals surface area contributed by atoms with Gasteiger partial charge in [-0.25, -0.2) is 9.78 Å². The molecule has 33 heavy (non-hydrogen) atoms. The standard InChI is InChI=1S/C23H15F3N2O4S/c24-23(25,26)18-3-1-2-17-19(8-9-27-20(17)18)31-13-15(29)12-14-4-6-16(7-5-14)32-22(30)21-28-10-11-33-21/h1-11H,12-13H2. The van der Waals surface area contributed by atoms with Crippen molar-refractivity contribution in [1.82, 2.24) is 9.97 Å². The minimum atomic E-state index is -4.55. The second kappa shape index (κ2) is 9.37. The molecule has 0 bridgehead atoms. The number of Topliss-reactive ketones (excluding diaryl/α,β-unsaturated/α-hetero) is 1. The number of fused-ring (bicyclic) bond motifs is 1. The highest BCUT2D eigenvalue weighted by Gasteiger charge is 2.33. The van der Waals surface area contributed by atoms with Crippen molar-refractivity contribution in [2.24, 2.45) is 0 Å². The molecule has 0 atom stereocenters. The monoisotopic (exact) mass is 472 g/mol. The molecule has 0 radical (unpaired) electrons. The number of carbonyl (C=O) groups excluding carboxylic acids is 2. The van der Waals surface area contributed by atoms with Gasteiger partial charge in [0.05, 0.1) is 11.1 Å². The van der Waals surface area contributed by atoms with Crippen LogP contribution in [0, 0.1) is 0 Å². The van der Waals surface area contributed by atoms with Gasteiger partial charge in [0.2, 0.25) is 5.01 Å². The van der Waals surface area contributed by atoms with Crippen molar-refractivity contribution in [3.63, 3.8) is 0 Å². The predicted molar refractivity (Wildman–Crippen MR) is 114 cm³/mol. The van der Waals surface area contributed by atoms with E-state index in [4.69, 9.17) is 9.47 Å². The number of carbonyl (C=O) groups is 2. The molecule has 0 N–H and O–H groups in total. The number of hydrogen-bond donors (Lipinski definition) is 0. The molecule has 10 heteroatoms. The molecule has 0 saturated heterocycles. The fourth-order valence-electron chi connectivity index (χ4n) is 3.09. The molecule has 0 fully saturated rings. The second-order valence-electron chi connectivity index (χ2n) is 6.88. The summed E-state index contributed by atoms with van der Waals surface area (Å²) in [4.78, 5) is 32.0. The minimum absolute atomic E-state index is 0.0392. The van der Waals surface area contributed by atoms with Gasteiger partial charge < -0.3 is 9.47 Å². The van der Waals surface area contributed by atoms with Crippen LogP contribution in [0.15, 0.2) is 66.3 Å². The van der Waals surface area contributed by atoms with Crippen LogP contribution in [0.2, 0.25) is 0 Å². The number of para-hydroxylation sites is 1. The van der Waals surface area contributed by atoms with Gasteiger partial charge in [-0.2, -0.15) is 13.2 Å². The molecule has 2 heterocycles. The van der Waals surface area contributed by atoms with E-state index >= 15 is 0 Å². The third-order valence-corrected chi connectivity index (χ3v) is 5.32. The Balaban J connectivity index is 1.38. The summed E-state index contributed by atoms with van der Waals surface area (Å²) < 4.78 is 50.3. The van der Waals surface area contributed by atoms with Gasteiger partial charge in [0.1, 0.15) is 18.1 Å². The zero-order valence-electron chi connectivity index (χ0n) is 16.8. The number of esters is 1. The number of halogens is 3. The summed E-state index contributed by atoms with van der Waals surface area (Å²) in [7, 11) is 0. The van der Waals surface area contributed by atoms with E-state index < -0.39 is 17.7 Å².